The fraction of sp³-hybridized carbons (Fsp3) is 0.625. The van der Waals surface area contributed by atoms with Crippen molar-refractivity contribution in [3.63, 3.8) is 0 Å². The van der Waals surface area contributed by atoms with Crippen molar-refractivity contribution in [3.05, 3.63) is 15.9 Å². The summed E-state index contributed by atoms with van der Waals surface area (Å²) >= 11 is 2.93. The highest BCUT2D eigenvalue weighted by atomic mass is 79.9. The second-order valence-corrected chi connectivity index (χ2v) is 3.16. The predicted octanol–water partition coefficient (Wildman–Crippen LogP) is 3.61. The third-order valence-electron chi connectivity index (χ3n) is 1.40. The highest BCUT2D eigenvalue weighted by molar-refractivity contribution is 9.10. The molecule has 0 fully saturated rings. The van der Waals surface area contributed by atoms with Crippen LogP contribution in [0.15, 0.2) is 4.60 Å². The van der Waals surface area contributed by atoms with Gasteiger partial charge in [0.2, 0.25) is 0 Å². The van der Waals surface area contributed by atoms with Crippen LogP contribution in [0.1, 0.15) is 25.1 Å². The van der Waals surface area contributed by atoms with Crippen molar-refractivity contribution in [2.24, 2.45) is 0 Å². The van der Waals surface area contributed by atoms with Crippen molar-refractivity contribution in [2.45, 2.75) is 33.4 Å². The third-order valence-corrected chi connectivity index (χ3v) is 2.06. The number of aromatic nitrogens is 2. The first-order chi connectivity index (χ1) is 6.40. The molecule has 0 aromatic carbocycles. The Morgan fingerprint density at radius 3 is 2.14 bits per heavy atom. The number of alkyl halides is 3. The van der Waals surface area contributed by atoms with Crippen LogP contribution in [0.3, 0.4) is 0 Å². The molecule has 1 aromatic heterocycles. The monoisotopic (exact) mass is 272 g/mol. The van der Waals surface area contributed by atoms with Gasteiger partial charge in [-0.2, -0.15) is 18.3 Å². The first kappa shape index (κ1) is 13.5. The number of nitrogens with zero attached hydrogens (tertiary/aromatic N) is 1. The summed E-state index contributed by atoms with van der Waals surface area (Å²) in [6.07, 6.45) is -5.13. The minimum absolute atomic E-state index is 0.169. The third kappa shape index (κ3) is 4.13. The van der Waals surface area contributed by atoms with E-state index in [1.54, 1.807) is 6.92 Å². The maximum absolute atomic E-state index is 11.9. The van der Waals surface area contributed by atoms with Crippen LogP contribution in [-0.4, -0.2) is 16.4 Å². The van der Waals surface area contributed by atoms with Gasteiger partial charge in [0.15, 0.2) is 0 Å². The summed E-state index contributed by atoms with van der Waals surface area (Å²) < 4.78 is 36.0. The number of rotatable bonds is 1. The standard InChI is InChI=1S/C6H6BrF3N2.C2H6/c1-3-4(2-6(8,9)10)5(7)12-11-3;1-2/h2H2,1H3,(H,11,12);1-2H3. The normalized spacial score (nSPS) is 10.8. The van der Waals surface area contributed by atoms with Crippen LogP contribution in [-0.2, 0) is 6.42 Å². The second kappa shape index (κ2) is 5.38. The smallest absolute Gasteiger partial charge is 0.281 e. The minimum Gasteiger partial charge on any atom is -0.281 e. The molecular formula is C8H12BrF3N2. The SMILES string of the molecule is CC.Cc1[nH]nc(Br)c1CC(F)(F)F. The molecule has 0 aliphatic rings. The number of hydrogen-bond acceptors (Lipinski definition) is 1. The Balaban J connectivity index is 0.000000791. The fourth-order valence-corrected chi connectivity index (χ4v) is 1.35. The summed E-state index contributed by atoms with van der Waals surface area (Å²) in [6.45, 7) is 5.55. The number of H-pyrrole nitrogens is 1. The van der Waals surface area contributed by atoms with Crippen LogP contribution in [0.5, 0.6) is 0 Å². The minimum atomic E-state index is -4.18. The zero-order valence-electron chi connectivity index (χ0n) is 8.17. The number of nitrogens with one attached hydrogen (secondary N) is 1. The van der Waals surface area contributed by atoms with E-state index >= 15 is 0 Å². The van der Waals surface area contributed by atoms with Crippen LogP contribution in [0.2, 0.25) is 0 Å². The molecule has 2 nitrogen and oxygen atoms in total. The van der Waals surface area contributed by atoms with E-state index in [-0.39, 0.29) is 10.2 Å². The molecule has 0 amide bonds. The lowest BCUT2D eigenvalue weighted by atomic mass is 10.2. The molecule has 0 saturated carbocycles. The van der Waals surface area contributed by atoms with E-state index in [1.165, 1.54) is 0 Å². The van der Waals surface area contributed by atoms with Crippen molar-refractivity contribution < 1.29 is 13.2 Å². The average Bonchev–Trinajstić information content (AvgIpc) is 2.37. The summed E-state index contributed by atoms with van der Waals surface area (Å²) in [5.74, 6) is 0. The molecule has 0 atom stereocenters. The molecule has 0 aliphatic carbocycles. The number of aromatic amines is 1. The molecule has 0 spiro atoms. The molecule has 1 N–H and O–H groups in total. The Morgan fingerprint density at radius 1 is 1.36 bits per heavy atom. The van der Waals surface area contributed by atoms with Gasteiger partial charge in [-0.25, -0.2) is 0 Å². The molecule has 0 unspecified atom stereocenters. The predicted molar refractivity (Wildman–Crippen MR) is 52.1 cm³/mol. The molecule has 14 heavy (non-hydrogen) atoms. The lowest BCUT2D eigenvalue weighted by molar-refractivity contribution is -0.127. The van der Waals surface area contributed by atoms with Crippen molar-refractivity contribution >= 4 is 15.9 Å². The van der Waals surface area contributed by atoms with Gasteiger partial charge in [0, 0.05) is 11.3 Å². The number of halogens is 4. The lowest BCUT2D eigenvalue weighted by Gasteiger charge is -2.04. The highest BCUT2D eigenvalue weighted by Crippen LogP contribution is 2.26. The van der Waals surface area contributed by atoms with Gasteiger partial charge in [-0.1, -0.05) is 13.8 Å². The van der Waals surface area contributed by atoms with E-state index in [0.29, 0.717) is 5.69 Å². The summed E-state index contributed by atoms with van der Waals surface area (Å²) in [5.41, 5.74) is 0.613. The van der Waals surface area contributed by atoms with Crippen LogP contribution in [0, 0.1) is 6.92 Å². The molecule has 1 heterocycles. The summed E-state index contributed by atoms with van der Waals surface area (Å²) in [7, 11) is 0. The topological polar surface area (TPSA) is 28.7 Å². The Morgan fingerprint density at radius 2 is 1.86 bits per heavy atom. The number of aryl methyl sites for hydroxylation is 1. The van der Waals surface area contributed by atoms with Crippen LogP contribution >= 0.6 is 15.9 Å². The molecule has 0 aliphatic heterocycles. The summed E-state index contributed by atoms with van der Waals surface area (Å²) in [5, 5.41) is 6.05. The van der Waals surface area contributed by atoms with Crippen molar-refractivity contribution in [3.8, 4) is 0 Å². The zero-order valence-corrected chi connectivity index (χ0v) is 9.75. The van der Waals surface area contributed by atoms with Crippen LogP contribution in [0.25, 0.3) is 0 Å². The first-order valence-corrected chi connectivity index (χ1v) is 4.95. The van der Waals surface area contributed by atoms with Gasteiger partial charge in [0.1, 0.15) is 4.60 Å². The quantitative estimate of drug-likeness (QED) is 0.831. The Labute approximate surface area is 89.0 Å². The van der Waals surface area contributed by atoms with Gasteiger partial charge >= 0.3 is 6.18 Å². The van der Waals surface area contributed by atoms with Gasteiger partial charge in [-0.05, 0) is 22.9 Å². The molecular weight excluding hydrogens is 261 g/mol. The zero-order chi connectivity index (χ0) is 11.4. The Hall–Kier alpha value is -0.520. The van der Waals surface area contributed by atoms with E-state index in [0.717, 1.165) is 0 Å². The average molecular weight is 273 g/mol. The molecule has 82 valence electrons. The van der Waals surface area contributed by atoms with Crippen molar-refractivity contribution in [2.75, 3.05) is 0 Å². The maximum atomic E-state index is 11.9. The van der Waals surface area contributed by atoms with Gasteiger partial charge in [-0.15, -0.1) is 0 Å². The van der Waals surface area contributed by atoms with E-state index in [4.69, 9.17) is 0 Å². The maximum Gasteiger partial charge on any atom is 0.393 e. The first-order valence-electron chi connectivity index (χ1n) is 4.16. The molecule has 0 radical (unpaired) electrons. The van der Waals surface area contributed by atoms with Gasteiger partial charge in [0.25, 0.3) is 0 Å². The van der Waals surface area contributed by atoms with Crippen molar-refractivity contribution in [1.82, 2.24) is 10.2 Å². The molecule has 1 aromatic rings. The lowest BCUT2D eigenvalue weighted by Crippen LogP contribution is -2.12. The number of hydrogen-bond donors (Lipinski definition) is 1. The Bertz CT molecular complexity index is 261. The van der Waals surface area contributed by atoms with Crippen LogP contribution in [0.4, 0.5) is 13.2 Å². The largest absolute Gasteiger partial charge is 0.393 e. The Kier molecular flexibility index (Phi) is 5.18. The fourth-order valence-electron chi connectivity index (χ4n) is 0.829. The van der Waals surface area contributed by atoms with E-state index in [2.05, 4.69) is 26.1 Å². The highest BCUT2D eigenvalue weighted by Gasteiger charge is 2.30. The summed E-state index contributed by atoms with van der Waals surface area (Å²) in [4.78, 5) is 0. The molecule has 0 saturated heterocycles. The molecule has 0 bridgehead atoms. The van der Waals surface area contributed by atoms with Gasteiger partial charge in [0.05, 0.1) is 6.42 Å². The molecule has 6 heteroatoms. The van der Waals surface area contributed by atoms with Crippen molar-refractivity contribution in [1.29, 1.82) is 0 Å². The van der Waals surface area contributed by atoms with Crippen LogP contribution < -0.4 is 0 Å². The van der Waals surface area contributed by atoms with Gasteiger partial charge < -0.3 is 0 Å². The van der Waals surface area contributed by atoms with E-state index in [1.807, 2.05) is 13.8 Å². The summed E-state index contributed by atoms with van der Waals surface area (Å²) in [6, 6.07) is 0. The van der Waals surface area contributed by atoms with Gasteiger partial charge in [-0.3, -0.25) is 5.10 Å². The molecule has 1 rings (SSSR count). The van der Waals surface area contributed by atoms with E-state index < -0.39 is 12.6 Å². The second-order valence-electron chi connectivity index (χ2n) is 2.41. The van der Waals surface area contributed by atoms with E-state index in [9.17, 15) is 13.2 Å².